The molecule has 0 bridgehead atoms. The molecule has 1 aliphatic carbocycles. The number of nitrogens with zero attached hydrogens (tertiary/aromatic N) is 2. The Morgan fingerprint density at radius 3 is 2.77 bits per heavy atom. The number of amides is 1. The molecular formula is C28H36N2O5. The number of aromatic hydroxyl groups is 1. The van der Waals surface area contributed by atoms with E-state index in [4.69, 9.17) is 9.57 Å². The highest BCUT2D eigenvalue weighted by atomic mass is 16.6. The number of carbonyl (C=O) groups excluding carboxylic acids is 2. The predicted octanol–water partition coefficient (Wildman–Crippen LogP) is 4.90. The highest BCUT2D eigenvalue weighted by Crippen LogP contribution is 2.44. The third kappa shape index (κ3) is 7.20. The first-order valence-corrected chi connectivity index (χ1v) is 12.8. The number of esters is 1. The molecule has 1 amide bonds. The molecule has 0 aromatic heterocycles. The van der Waals surface area contributed by atoms with Crippen molar-refractivity contribution in [2.45, 2.75) is 64.2 Å². The van der Waals surface area contributed by atoms with E-state index in [1.165, 1.54) is 0 Å². The summed E-state index contributed by atoms with van der Waals surface area (Å²) in [6.45, 7) is 3.86. The number of piperidine rings is 1. The maximum atomic E-state index is 13.1. The van der Waals surface area contributed by atoms with Crippen LogP contribution in [-0.2, 0) is 20.8 Å². The lowest BCUT2D eigenvalue weighted by Gasteiger charge is -2.26. The number of fused-ring (bicyclic) bond motifs is 1. The van der Waals surface area contributed by atoms with Gasteiger partial charge >= 0.3 is 5.97 Å². The Morgan fingerprint density at radius 1 is 1.20 bits per heavy atom. The van der Waals surface area contributed by atoms with Gasteiger partial charge in [-0.1, -0.05) is 30.3 Å². The van der Waals surface area contributed by atoms with Gasteiger partial charge in [-0.25, -0.2) is 4.79 Å². The zero-order valence-corrected chi connectivity index (χ0v) is 20.6. The number of benzene rings is 1. The van der Waals surface area contributed by atoms with Crippen LogP contribution >= 0.6 is 0 Å². The molecule has 1 aromatic rings. The lowest BCUT2D eigenvalue weighted by Crippen LogP contribution is -2.37. The second-order valence-electron chi connectivity index (χ2n) is 9.79. The Hall–Kier alpha value is -3.09. The fourth-order valence-corrected chi connectivity index (χ4v) is 4.65. The molecule has 188 valence electrons. The molecule has 1 aromatic carbocycles. The molecule has 0 spiro atoms. The molecule has 1 saturated heterocycles. The molecule has 2 fully saturated rings. The monoisotopic (exact) mass is 480 g/mol. The van der Waals surface area contributed by atoms with Crippen LogP contribution in [0.4, 0.5) is 0 Å². The quantitative estimate of drug-likeness (QED) is 0.376. The summed E-state index contributed by atoms with van der Waals surface area (Å²) in [5.41, 5.74) is 2.61. The first-order valence-electron chi connectivity index (χ1n) is 12.8. The summed E-state index contributed by atoms with van der Waals surface area (Å²) >= 11 is 0. The van der Waals surface area contributed by atoms with E-state index in [-0.39, 0.29) is 36.6 Å². The Bertz CT molecular complexity index is 1000. The van der Waals surface area contributed by atoms with Crippen LogP contribution in [0.2, 0.25) is 0 Å². The fourth-order valence-electron chi connectivity index (χ4n) is 4.65. The summed E-state index contributed by atoms with van der Waals surface area (Å²) in [4.78, 5) is 32.9. The van der Waals surface area contributed by atoms with Crippen LogP contribution in [0.5, 0.6) is 5.75 Å². The molecule has 2 aliphatic heterocycles. The van der Waals surface area contributed by atoms with Crippen molar-refractivity contribution in [1.82, 2.24) is 4.90 Å². The van der Waals surface area contributed by atoms with Crippen LogP contribution in [0, 0.1) is 5.92 Å². The minimum Gasteiger partial charge on any atom is -0.508 e. The molecule has 7 nitrogen and oxygen atoms in total. The lowest BCUT2D eigenvalue weighted by molar-refractivity contribution is -0.137. The van der Waals surface area contributed by atoms with Crippen molar-refractivity contribution in [3.05, 3.63) is 53.1 Å². The van der Waals surface area contributed by atoms with E-state index in [2.05, 4.69) is 18.2 Å². The molecule has 4 rings (SSSR count). The molecule has 35 heavy (non-hydrogen) atoms. The lowest BCUT2D eigenvalue weighted by atomic mass is 9.93. The third-order valence-electron chi connectivity index (χ3n) is 6.71. The summed E-state index contributed by atoms with van der Waals surface area (Å²) in [5.74, 6) is 0.281. The van der Waals surface area contributed by atoms with Gasteiger partial charge < -0.3 is 19.6 Å². The van der Waals surface area contributed by atoms with Gasteiger partial charge in [0.05, 0.1) is 17.9 Å². The van der Waals surface area contributed by atoms with Crippen LogP contribution in [0.1, 0.15) is 79.3 Å². The normalized spacial score (nSPS) is 24.7. The van der Waals surface area contributed by atoms with Gasteiger partial charge in [-0.3, -0.25) is 4.79 Å². The number of carbonyl (C=O) groups is 2. The zero-order chi connectivity index (χ0) is 24.6. The average Bonchev–Trinajstić information content (AvgIpc) is 3.69. The van der Waals surface area contributed by atoms with E-state index in [9.17, 15) is 14.7 Å². The van der Waals surface area contributed by atoms with Gasteiger partial charge in [0.25, 0.3) is 5.91 Å². The second kappa shape index (κ2) is 12.0. The van der Waals surface area contributed by atoms with Crippen LogP contribution < -0.4 is 0 Å². The van der Waals surface area contributed by atoms with Crippen LogP contribution in [0.15, 0.2) is 41.6 Å². The fraction of sp³-hybridized carbons (Fsp3) is 0.536. The number of hydrogen-bond acceptors (Lipinski definition) is 6. The number of phenols is 1. The van der Waals surface area contributed by atoms with Crippen LogP contribution in [-0.4, -0.2) is 53.9 Å². The van der Waals surface area contributed by atoms with Crippen molar-refractivity contribution in [2.24, 2.45) is 11.1 Å². The van der Waals surface area contributed by atoms with Gasteiger partial charge in [0.1, 0.15) is 5.75 Å². The maximum absolute atomic E-state index is 13.1. The number of allylic oxidation sites excluding steroid dienone is 3. The van der Waals surface area contributed by atoms with Gasteiger partial charge in [0.15, 0.2) is 6.61 Å². The summed E-state index contributed by atoms with van der Waals surface area (Å²) in [7, 11) is 0. The van der Waals surface area contributed by atoms with E-state index in [1.54, 1.807) is 12.1 Å². The number of likely N-dealkylation sites (tertiary alicyclic amines) is 1. The van der Waals surface area contributed by atoms with Crippen molar-refractivity contribution in [3.8, 4) is 5.75 Å². The van der Waals surface area contributed by atoms with Crippen molar-refractivity contribution in [1.29, 1.82) is 0 Å². The van der Waals surface area contributed by atoms with Gasteiger partial charge in [-0.15, -0.1) is 0 Å². The molecule has 7 heteroatoms. The summed E-state index contributed by atoms with van der Waals surface area (Å²) in [6.07, 6.45) is 15.1. The topological polar surface area (TPSA) is 88.4 Å². The number of rotatable bonds is 4. The Labute approximate surface area is 207 Å². The van der Waals surface area contributed by atoms with Crippen LogP contribution in [0.3, 0.4) is 0 Å². The van der Waals surface area contributed by atoms with Crippen LogP contribution in [0.25, 0.3) is 0 Å². The van der Waals surface area contributed by atoms with Crippen molar-refractivity contribution in [3.63, 3.8) is 0 Å². The predicted molar refractivity (Wildman–Crippen MR) is 135 cm³/mol. The largest absolute Gasteiger partial charge is 0.508 e. The number of oxime groups is 1. The standard InChI is InChI=1S/C28H36N2O5/c1-20-8-3-6-15-34-28(33)27-22(17-24(31)18-25(27)21-11-12-21)16-23(10-7-9-20)29-35-19-26(32)30-13-4-2-5-14-30/h3,7-8,10,17-18,20-21,31H,2,4-6,9,11-16,19H2,1H3/b8-3+,10-7+,29-23-. The highest BCUT2D eigenvalue weighted by Gasteiger charge is 2.31. The Kier molecular flexibility index (Phi) is 8.61. The van der Waals surface area contributed by atoms with Gasteiger partial charge in [0, 0.05) is 19.5 Å². The first kappa shape index (κ1) is 25.0. The SMILES string of the molecule is CC1/C=C/CCOC(=O)c2c(cc(O)cc2C2CC2)CC(=N\OCC(=O)N2CCCCC2)/C=C/C1. The third-order valence-corrected chi connectivity index (χ3v) is 6.71. The van der Waals surface area contributed by atoms with Gasteiger partial charge in [0.2, 0.25) is 0 Å². The molecule has 1 N–H and O–H groups in total. The summed E-state index contributed by atoms with van der Waals surface area (Å²) < 4.78 is 5.61. The number of cyclic esters (lactones) is 1. The molecule has 1 saturated carbocycles. The Balaban J connectivity index is 1.59. The molecule has 3 aliphatic rings. The Morgan fingerprint density at radius 2 is 2.00 bits per heavy atom. The molecular weight excluding hydrogens is 444 g/mol. The highest BCUT2D eigenvalue weighted by molar-refractivity contribution is 6.00. The summed E-state index contributed by atoms with van der Waals surface area (Å²) in [5, 5.41) is 14.7. The summed E-state index contributed by atoms with van der Waals surface area (Å²) in [6, 6.07) is 3.29. The van der Waals surface area contributed by atoms with Gasteiger partial charge in [-0.2, -0.15) is 0 Å². The molecule has 0 radical (unpaired) electrons. The zero-order valence-electron chi connectivity index (χ0n) is 20.6. The molecule has 2 heterocycles. The number of phenolic OH excluding ortho intramolecular Hbond substituents is 1. The molecule has 1 unspecified atom stereocenters. The van der Waals surface area contributed by atoms with E-state index in [0.717, 1.165) is 57.2 Å². The van der Waals surface area contributed by atoms with E-state index in [0.29, 0.717) is 35.8 Å². The minimum absolute atomic E-state index is 0.0599. The minimum atomic E-state index is -0.370. The van der Waals surface area contributed by atoms with E-state index >= 15 is 0 Å². The smallest absolute Gasteiger partial charge is 0.338 e. The molecule has 1 atom stereocenters. The first-order chi connectivity index (χ1) is 17.0. The van der Waals surface area contributed by atoms with Gasteiger partial charge in [-0.05, 0) is 86.1 Å². The van der Waals surface area contributed by atoms with Crippen molar-refractivity contribution < 1.29 is 24.3 Å². The average molecular weight is 481 g/mol. The number of hydrogen-bond donors (Lipinski definition) is 1. The van der Waals surface area contributed by atoms with E-state index in [1.807, 2.05) is 23.1 Å². The number of ether oxygens (including phenoxy) is 1. The van der Waals surface area contributed by atoms with Crippen molar-refractivity contribution in [2.75, 3.05) is 26.3 Å². The maximum Gasteiger partial charge on any atom is 0.338 e. The van der Waals surface area contributed by atoms with E-state index < -0.39 is 0 Å². The second-order valence-corrected chi connectivity index (χ2v) is 9.79. The van der Waals surface area contributed by atoms with Crippen molar-refractivity contribution >= 4 is 17.6 Å².